The molecule has 1 amide bonds. The summed E-state index contributed by atoms with van der Waals surface area (Å²) in [5.41, 5.74) is 0.450. The molecule has 0 bridgehead atoms. The van der Waals surface area contributed by atoms with Crippen molar-refractivity contribution in [1.29, 1.82) is 0 Å². The van der Waals surface area contributed by atoms with E-state index in [1.54, 1.807) is 37.4 Å². The SMILES string of the molecule is CN(C(=O)c1ccccc1[N+](=O)[O-])c1ccc(Cl)cc1. The molecule has 0 aliphatic heterocycles. The van der Waals surface area contributed by atoms with Crippen molar-refractivity contribution in [2.75, 3.05) is 11.9 Å². The summed E-state index contributed by atoms with van der Waals surface area (Å²) >= 11 is 5.79. The Balaban J connectivity index is 2.36. The molecule has 0 heterocycles. The van der Waals surface area contributed by atoms with E-state index in [1.165, 1.54) is 23.1 Å². The zero-order valence-electron chi connectivity index (χ0n) is 10.6. The summed E-state index contributed by atoms with van der Waals surface area (Å²) in [5, 5.41) is 11.5. The number of hydrogen-bond acceptors (Lipinski definition) is 3. The molecule has 0 aromatic heterocycles. The lowest BCUT2D eigenvalue weighted by molar-refractivity contribution is -0.385. The van der Waals surface area contributed by atoms with Crippen LogP contribution in [-0.4, -0.2) is 17.9 Å². The van der Waals surface area contributed by atoms with E-state index in [-0.39, 0.29) is 11.3 Å². The molecule has 6 heteroatoms. The molecular weight excluding hydrogens is 280 g/mol. The molecule has 5 nitrogen and oxygen atoms in total. The fraction of sp³-hybridized carbons (Fsp3) is 0.0714. The van der Waals surface area contributed by atoms with E-state index in [9.17, 15) is 14.9 Å². The highest BCUT2D eigenvalue weighted by molar-refractivity contribution is 6.30. The van der Waals surface area contributed by atoms with Gasteiger partial charge in [0, 0.05) is 23.8 Å². The lowest BCUT2D eigenvalue weighted by Crippen LogP contribution is -2.26. The summed E-state index contributed by atoms with van der Waals surface area (Å²) in [6, 6.07) is 12.5. The number of para-hydroxylation sites is 1. The number of nitrogens with zero attached hydrogens (tertiary/aromatic N) is 2. The second-order valence-electron chi connectivity index (χ2n) is 4.11. The number of carbonyl (C=O) groups excluding carboxylic acids is 1. The molecule has 0 atom stereocenters. The van der Waals surface area contributed by atoms with Gasteiger partial charge < -0.3 is 4.90 Å². The van der Waals surface area contributed by atoms with Crippen molar-refractivity contribution in [1.82, 2.24) is 0 Å². The van der Waals surface area contributed by atoms with E-state index in [1.807, 2.05) is 0 Å². The summed E-state index contributed by atoms with van der Waals surface area (Å²) in [4.78, 5) is 24.1. The van der Waals surface area contributed by atoms with Crippen molar-refractivity contribution in [3.63, 3.8) is 0 Å². The molecule has 102 valence electrons. The predicted molar refractivity (Wildman–Crippen MR) is 77.3 cm³/mol. The van der Waals surface area contributed by atoms with Gasteiger partial charge in [0.1, 0.15) is 5.56 Å². The van der Waals surface area contributed by atoms with Gasteiger partial charge in [-0.25, -0.2) is 0 Å². The van der Waals surface area contributed by atoms with Gasteiger partial charge in [-0.2, -0.15) is 0 Å². The average Bonchev–Trinajstić information content (AvgIpc) is 2.46. The maximum absolute atomic E-state index is 12.3. The van der Waals surface area contributed by atoms with Gasteiger partial charge in [0.05, 0.1) is 4.92 Å². The van der Waals surface area contributed by atoms with Gasteiger partial charge in [0.2, 0.25) is 0 Å². The van der Waals surface area contributed by atoms with Crippen molar-refractivity contribution in [2.24, 2.45) is 0 Å². The fourth-order valence-electron chi connectivity index (χ4n) is 1.78. The Labute approximate surface area is 120 Å². The lowest BCUT2D eigenvalue weighted by Gasteiger charge is -2.17. The third-order valence-electron chi connectivity index (χ3n) is 2.85. The van der Waals surface area contributed by atoms with Crippen LogP contribution in [0.15, 0.2) is 48.5 Å². The first-order chi connectivity index (χ1) is 9.50. The quantitative estimate of drug-likeness (QED) is 0.642. The highest BCUT2D eigenvalue weighted by Gasteiger charge is 2.22. The number of halogens is 1. The number of amides is 1. The smallest absolute Gasteiger partial charge is 0.282 e. The zero-order valence-corrected chi connectivity index (χ0v) is 11.4. The second kappa shape index (κ2) is 5.71. The van der Waals surface area contributed by atoms with E-state index in [0.717, 1.165) is 0 Å². The maximum Gasteiger partial charge on any atom is 0.282 e. The van der Waals surface area contributed by atoms with Gasteiger partial charge >= 0.3 is 0 Å². The minimum atomic E-state index is -0.567. The Morgan fingerprint density at radius 2 is 1.75 bits per heavy atom. The van der Waals surface area contributed by atoms with Crippen molar-refractivity contribution < 1.29 is 9.72 Å². The molecule has 0 radical (unpaired) electrons. The first kappa shape index (κ1) is 14.0. The number of nitro benzene ring substituents is 1. The van der Waals surface area contributed by atoms with Gasteiger partial charge in [-0.3, -0.25) is 14.9 Å². The van der Waals surface area contributed by atoms with Gasteiger partial charge in [-0.15, -0.1) is 0 Å². The first-order valence-corrected chi connectivity index (χ1v) is 6.15. The highest BCUT2D eigenvalue weighted by Crippen LogP contribution is 2.23. The molecule has 0 unspecified atom stereocenters. The van der Waals surface area contributed by atoms with Gasteiger partial charge in [0.25, 0.3) is 11.6 Å². The van der Waals surface area contributed by atoms with Gasteiger partial charge in [0.15, 0.2) is 0 Å². The van der Waals surface area contributed by atoms with Crippen LogP contribution >= 0.6 is 11.6 Å². The van der Waals surface area contributed by atoms with E-state index in [2.05, 4.69) is 0 Å². The van der Waals surface area contributed by atoms with Crippen LogP contribution in [0.2, 0.25) is 5.02 Å². The van der Waals surface area contributed by atoms with Crippen LogP contribution < -0.4 is 4.90 Å². The Bertz CT molecular complexity index is 656. The molecule has 0 spiro atoms. The van der Waals surface area contributed by atoms with Crippen molar-refractivity contribution in [3.8, 4) is 0 Å². The average molecular weight is 291 g/mol. The van der Waals surface area contributed by atoms with Crippen LogP contribution in [0.3, 0.4) is 0 Å². The standard InChI is InChI=1S/C14H11ClN2O3/c1-16(11-8-6-10(15)7-9-11)14(18)12-4-2-3-5-13(12)17(19)20/h2-9H,1H3. The third kappa shape index (κ3) is 2.78. The fourth-order valence-corrected chi connectivity index (χ4v) is 1.90. The monoisotopic (exact) mass is 290 g/mol. The molecule has 0 saturated heterocycles. The summed E-state index contributed by atoms with van der Waals surface area (Å²) in [6.45, 7) is 0. The third-order valence-corrected chi connectivity index (χ3v) is 3.10. The van der Waals surface area contributed by atoms with E-state index < -0.39 is 10.8 Å². The molecular formula is C14H11ClN2O3. The van der Waals surface area contributed by atoms with Crippen LogP contribution in [0.1, 0.15) is 10.4 Å². The summed E-state index contributed by atoms with van der Waals surface area (Å²) in [6.07, 6.45) is 0. The van der Waals surface area contributed by atoms with Crippen LogP contribution in [0, 0.1) is 10.1 Å². The minimum absolute atomic E-state index is 0.0509. The molecule has 0 fully saturated rings. The van der Waals surface area contributed by atoms with E-state index in [4.69, 9.17) is 11.6 Å². The Kier molecular flexibility index (Phi) is 4.00. The molecule has 2 rings (SSSR count). The second-order valence-corrected chi connectivity index (χ2v) is 4.55. The van der Waals surface area contributed by atoms with Crippen LogP contribution in [0.5, 0.6) is 0 Å². The van der Waals surface area contributed by atoms with Crippen molar-refractivity contribution in [2.45, 2.75) is 0 Å². The number of anilines is 1. The molecule has 0 aliphatic rings. The van der Waals surface area contributed by atoms with Crippen LogP contribution in [-0.2, 0) is 0 Å². The normalized spacial score (nSPS) is 10.1. The topological polar surface area (TPSA) is 63.5 Å². The number of nitro groups is 1. The zero-order chi connectivity index (χ0) is 14.7. The Morgan fingerprint density at radius 1 is 1.15 bits per heavy atom. The first-order valence-electron chi connectivity index (χ1n) is 5.78. The van der Waals surface area contributed by atoms with E-state index in [0.29, 0.717) is 10.7 Å². The molecule has 0 N–H and O–H groups in total. The van der Waals surface area contributed by atoms with Crippen molar-refractivity contribution >= 4 is 28.9 Å². The predicted octanol–water partition coefficient (Wildman–Crippen LogP) is 3.52. The minimum Gasteiger partial charge on any atom is -0.311 e. The molecule has 2 aromatic rings. The molecule has 2 aromatic carbocycles. The number of rotatable bonds is 3. The largest absolute Gasteiger partial charge is 0.311 e. The van der Waals surface area contributed by atoms with Gasteiger partial charge in [-0.1, -0.05) is 23.7 Å². The van der Waals surface area contributed by atoms with Crippen molar-refractivity contribution in [3.05, 3.63) is 69.2 Å². The lowest BCUT2D eigenvalue weighted by atomic mass is 10.1. The molecule has 0 saturated carbocycles. The summed E-state index contributed by atoms with van der Waals surface area (Å²) in [5.74, 6) is -0.445. The number of carbonyl (C=O) groups is 1. The van der Waals surface area contributed by atoms with E-state index >= 15 is 0 Å². The van der Waals surface area contributed by atoms with Crippen LogP contribution in [0.4, 0.5) is 11.4 Å². The summed E-state index contributed by atoms with van der Waals surface area (Å²) in [7, 11) is 1.56. The van der Waals surface area contributed by atoms with Gasteiger partial charge in [-0.05, 0) is 30.3 Å². The maximum atomic E-state index is 12.3. The van der Waals surface area contributed by atoms with Crippen LogP contribution in [0.25, 0.3) is 0 Å². The molecule has 20 heavy (non-hydrogen) atoms. The summed E-state index contributed by atoms with van der Waals surface area (Å²) < 4.78 is 0. The highest BCUT2D eigenvalue weighted by atomic mass is 35.5. The Hall–Kier alpha value is -2.40. The molecule has 0 aliphatic carbocycles. The number of benzene rings is 2. The Morgan fingerprint density at radius 3 is 2.35 bits per heavy atom. The number of hydrogen-bond donors (Lipinski definition) is 0.